The number of ether oxygens (including phenoxy) is 1. The molecular weight excluding hydrogens is 389 g/mol. The minimum atomic E-state index is -0.543. The lowest BCUT2D eigenvalue weighted by molar-refractivity contribution is -0.127. The van der Waals surface area contributed by atoms with E-state index in [4.69, 9.17) is 27.9 Å². The highest BCUT2D eigenvalue weighted by Crippen LogP contribution is 2.28. The molecule has 0 saturated carbocycles. The van der Waals surface area contributed by atoms with E-state index in [1.807, 2.05) is 50.2 Å². The summed E-state index contributed by atoms with van der Waals surface area (Å²) in [5.41, 5.74) is 3.13. The highest BCUT2D eigenvalue weighted by Gasteiger charge is 2.15. The van der Waals surface area contributed by atoms with Gasteiger partial charge in [-0.25, -0.2) is 0 Å². The number of hydrogen-bond acceptors (Lipinski definition) is 3. The Morgan fingerprint density at radius 2 is 1.81 bits per heavy atom. The summed E-state index contributed by atoms with van der Waals surface area (Å²) in [6, 6.07) is 11.3. The molecule has 2 aromatic carbocycles. The molecule has 1 atom stereocenters. The van der Waals surface area contributed by atoms with Crippen LogP contribution in [-0.2, 0) is 10.5 Å². The zero-order valence-electron chi connectivity index (χ0n) is 15.1. The summed E-state index contributed by atoms with van der Waals surface area (Å²) < 4.78 is 5.79. The van der Waals surface area contributed by atoms with Crippen LogP contribution in [0.2, 0.25) is 10.0 Å². The Balaban J connectivity index is 1.74. The maximum absolute atomic E-state index is 12.2. The summed E-state index contributed by atoms with van der Waals surface area (Å²) in [7, 11) is 0. The van der Waals surface area contributed by atoms with Gasteiger partial charge in [0.25, 0.3) is 5.91 Å². The maximum Gasteiger partial charge on any atom is 0.260 e. The van der Waals surface area contributed by atoms with Gasteiger partial charge in [0.2, 0.25) is 0 Å². The third-order valence-electron chi connectivity index (χ3n) is 4.08. The van der Waals surface area contributed by atoms with Crippen LogP contribution in [0.25, 0.3) is 0 Å². The van der Waals surface area contributed by atoms with Gasteiger partial charge in [0.15, 0.2) is 6.10 Å². The number of benzene rings is 2. The van der Waals surface area contributed by atoms with Crippen molar-refractivity contribution in [1.82, 2.24) is 5.32 Å². The molecule has 140 valence electrons. The van der Waals surface area contributed by atoms with Gasteiger partial charge in [-0.05, 0) is 55.7 Å². The standard InChI is InChI=1S/C20H23Cl2NO2S/c1-13-6-4-9-19(14(13)2)25-15(3)20(24)23-10-11-26-12-16-17(21)7-5-8-18(16)22/h4-9,15H,10-12H2,1-3H3,(H,23,24). The second-order valence-corrected chi connectivity index (χ2v) is 7.92. The van der Waals surface area contributed by atoms with E-state index >= 15 is 0 Å². The largest absolute Gasteiger partial charge is 0.481 e. The SMILES string of the molecule is Cc1cccc(OC(C)C(=O)NCCSCc2c(Cl)cccc2Cl)c1C. The van der Waals surface area contributed by atoms with Gasteiger partial charge in [-0.3, -0.25) is 4.79 Å². The van der Waals surface area contributed by atoms with Crippen molar-refractivity contribution < 1.29 is 9.53 Å². The van der Waals surface area contributed by atoms with Gasteiger partial charge in [0.1, 0.15) is 5.75 Å². The van der Waals surface area contributed by atoms with Gasteiger partial charge in [-0.15, -0.1) is 0 Å². The number of hydrogen-bond donors (Lipinski definition) is 1. The third kappa shape index (κ3) is 5.83. The first-order valence-electron chi connectivity index (χ1n) is 8.41. The lowest BCUT2D eigenvalue weighted by atomic mass is 10.1. The van der Waals surface area contributed by atoms with E-state index in [1.165, 1.54) is 0 Å². The summed E-state index contributed by atoms with van der Waals surface area (Å²) in [5.74, 6) is 2.10. The molecule has 0 aliphatic carbocycles. The highest BCUT2D eigenvalue weighted by molar-refractivity contribution is 7.98. The molecule has 0 saturated heterocycles. The summed E-state index contributed by atoms with van der Waals surface area (Å²) in [4.78, 5) is 12.2. The minimum absolute atomic E-state index is 0.123. The van der Waals surface area contributed by atoms with Crippen molar-refractivity contribution in [2.24, 2.45) is 0 Å². The smallest absolute Gasteiger partial charge is 0.260 e. The van der Waals surface area contributed by atoms with Crippen molar-refractivity contribution in [1.29, 1.82) is 0 Å². The van der Waals surface area contributed by atoms with Crippen molar-refractivity contribution in [2.75, 3.05) is 12.3 Å². The van der Waals surface area contributed by atoms with Gasteiger partial charge >= 0.3 is 0 Å². The topological polar surface area (TPSA) is 38.3 Å². The van der Waals surface area contributed by atoms with Crippen LogP contribution < -0.4 is 10.1 Å². The Morgan fingerprint density at radius 3 is 2.50 bits per heavy atom. The summed E-state index contributed by atoms with van der Waals surface area (Å²) in [6.07, 6.45) is -0.543. The van der Waals surface area contributed by atoms with E-state index in [0.29, 0.717) is 22.3 Å². The molecule has 1 unspecified atom stereocenters. The highest BCUT2D eigenvalue weighted by atomic mass is 35.5. The second-order valence-electron chi connectivity index (χ2n) is 6.00. The van der Waals surface area contributed by atoms with Crippen LogP contribution in [0.4, 0.5) is 0 Å². The second kappa shape index (κ2) is 10.1. The maximum atomic E-state index is 12.2. The summed E-state index contributed by atoms with van der Waals surface area (Å²) in [5, 5.41) is 4.24. The van der Waals surface area contributed by atoms with Crippen LogP contribution in [0.15, 0.2) is 36.4 Å². The number of carbonyl (C=O) groups excluding carboxylic acids is 1. The van der Waals surface area contributed by atoms with Crippen LogP contribution in [0, 0.1) is 13.8 Å². The van der Waals surface area contributed by atoms with Crippen LogP contribution in [0.3, 0.4) is 0 Å². The fraction of sp³-hybridized carbons (Fsp3) is 0.350. The number of halogens is 2. The van der Waals surface area contributed by atoms with E-state index in [2.05, 4.69) is 5.32 Å². The lowest BCUT2D eigenvalue weighted by Gasteiger charge is -2.17. The molecule has 2 rings (SSSR count). The van der Waals surface area contributed by atoms with Gasteiger partial charge in [0, 0.05) is 28.1 Å². The predicted octanol–water partition coefficient (Wildman–Crippen LogP) is 5.43. The minimum Gasteiger partial charge on any atom is -0.481 e. The molecule has 6 heteroatoms. The van der Waals surface area contributed by atoms with Crippen molar-refractivity contribution in [3.05, 3.63) is 63.1 Å². The third-order valence-corrected chi connectivity index (χ3v) is 5.78. The van der Waals surface area contributed by atoms with Gasteiger partial charge in [-0.2, -0.15) is 11.8 Å². The van der Waals surface area contributed by atoms with Gasteiger partial charge in [0.05, 0.1) is 0 Å². The normalized spacial score (nSPS) is 11.9. The molecule has 0 fully saturated rings. The van der Waals surface area contributed by atoms with Crippen molar-refractivity contribution in [2.45, 2.75) is 32.6 Å². The molecule has 0 heterocycles. The van der Waals surface area contributed by atoms with Crippen LogP contribution in [-0.4, -0.2) is 24.3 Å². The fourth-order valence-corrected chi connectivity index (χ4v) is 3.93. The van der Waals surface area contributed by atoms with Gasteiger partial charge in [-0.1, -0.05) is 41.4 Å². The first-order chi connectivity index (χ1) is 12.4. The predicted molar refractivity (Wildman–Crippen MR) is 112 cm³/mol. The zero-order valence-corrected chi connectivity index (χ0v) is 17.5. The molecule has 1 amide bonds. The molecule has 0 spiro atoms. The van der Waals surface area contributed by atoms with Crippen LogP contribution >= 0.6 is 35.0 Å². The Kier molecular flexibility index (Phi) is 8.14. The molecule has 0 aliphatic heterocycles. The number of carbonyl (C=O) groups is 1. The Bertz CT molecular complexity index is 747. The molecule has 0 aliphatic rings. The lowest BCUT2D eigenvalue weighted by Crippen LogP contribution is -2.37. The number of amides is 1. The van der Waals surface area contributed by atoms with Crippen molar-refractivity contribution >= 4 is 40.9 Å². The molecule has 0 aromatic heterocycles. The van der Waals surface area contributed by atoms with Crippen LogP contribution in [0.5, 0.6) is 5.75 Å². The number of thioether (sulfide) groups is 1. The van der Waals surface area contributed by atoms with Crippen molar-refractivity contribution in [3.63, 3.8) is 0 Å². The summed E-state index contributed by atoms with van der Waals surface area (Å²) >= 11 is 14.0. The zero-order chi connectivity index (χ0) is 19.1. The number of aryl methyl sites for hydroxylation is 1. The number of rotatable bonds is 8. The van der Waals surface area contributed by atoms with E-state index in [9.17, 15) is 4.79 Å². The molecule has 26 heavy (non-hydrogen) atoms. The Labute approximate surface area is 169 Å². The first-order valence-corrected chi connectivity index (χ1v) is 10.3. The quantitative estimate of drug-likeness (QED) is 0.588. The Morgan fingerprint density at radius 1 is 1.15 bits per heavy atom. The monoisotopic (exact) mass is 411 g/mol. The van der Waals surface area contributed by atoms with Gasteiger partial charge < -0.3 is 10.1 Å². The molecular formula is C20H23Cl2NO2S. The molecule has 0 radical (unpaired) electrons. The average Bonchev–Trinajstić information content (AvgIpc) is 2.60. The Hall–Kier alpha value is -1.36. The molecule has 3 nitrogen and oxygen atoms in total. The summed E-state index contributed by atoms with van der Waals surface area (Å²) in [6.45, 7) is 6.33. The molecule has 2 aromatic rings. The van der Waals surface area contributed by atoms with E-state index < -0.39 is 6.10 Å². The molecule has 1 N–H and O–H groups in total. The van der Waals surface area contributed by atoms with E-state index in [-0.39, 0.29) is 5.91 Å². The van der Waals surface area contributed by atoms with Crippen LogP contribution in [0.1, 0.15) is 23.6 Å². The van der Waals surface area contributed by atoms with Crippen molar-refractivity contribution in [3.8, 4) is 5.75 Å². The fourth-order valence-electron chi connectivity index (χ4n) is 2.33. The molecule has 0 bridgehead atoms. The first kappa shape index (κ1) is 20.9. The average molecular weight is 412 g/mol. The van der Waals surface area contributed by atoms with E-state index in [1.54, 1.807) is 18.7 Å². The number of nitrogens with one attached hydrogen (secondary N) is 1. The van der Waals surface area contributed by atoms with E-state index in [0.717, 1.165) is 28.2 Å².